The van der Waals surface area contributed by atoms with Crippen molar-refractivity contribution in [3.63, 3.8) is 0 Å². The Morgan fingerprint density at radius 2 is 1.88 bits per heavy atom. The molecule has 2 heterocycles. The highest BCUT2D eigenvalue weighted by Crippen LogP contribution is 2.19. The maximum absolute atomic E-state index is 5.59. The Morgan fingerprint density at radius 3 is 2.42 bits per heavy atom. The summed E-state index contributed by atoms with van der Waals surface area (Å²) in [7, 11) is 1.79. The number of nitrogens with zero attached hydrogens (tertiary/aromatic N) is 3. The molecule has 1 aliphatic rings. The van der Waals surface area contributed by atoms with Crippen LogP contribution in [0.3, 0.4) is 0 Å². The molecule has 0 saturated carbocycles. The van der Waals surface area contributed by atoms with E-state index in [4.69, 9.17) is 4.42 Å². The molecular weight excluding hydrogens is 417 g/mol. The Kier molecular flexibility index (Phi) is 8.49. The molecule has 7 heteroatoms. The fraction of sp³-hybridized carbons (Fsp3) is 0.765. The van der Waals surface area contributed by atoms with Crippen molar-refractivity contribution in [1.82, 2.24) is 20.5 Å². The number of aromatic nitrogens is 1. The van der Waals surface area contributed by atoms with Gasteiger partial charge in [0.05, 0.1) is 12.2 Å². The zero-order valence-electron chi connectivity index (χ0n) is 15.6. The zero-order chi connectivity index (χ0) is 16.9. The summed E-state index contributed by atoms with van der Waals surface area (Å²) in [5.41, 5.74) is 1.06. The molecule has 0 amide bonds. The van der Waals surface area contributed by atoms with Crippen LogP contribution in [0, 0.1) is 13.8 Å². The lowest BCUT2D eigenvalue weighted by Gasteiger charge is -2.41. The van der Waals surface area contributed by atoms with Crippen molar-refractivity contribution in [2.45, 2.75) is 59.0 Å². The van der Waals surface area contributed by atoms with Crippen molar-refractivity contribution in [3.05, 3.63) is 17.3 Å². The van der Waals surface area contributed by atoms with Gasteiger partial charge >= 0.3 is 0 Å². The summed E-state index contributed by atoms with van der Waals surface area (Å²) in [6, 6.07) is 0. The van der Waals surface area contributed by atoms with Crippen molar-refractivity contribution in [2.75, 3.05) is 26.7 Å². The number of hydrogen-bond acceptors (Lipinski definition) is 4. The van der Waals surface area contributed by atoms with Crippen LogP contribution in [0.4, 0.5) is 0 Å². The molecule has 2 N–H and O–H groups in total. The van der Waals surface area contributed by atoms with Gasteiger partial charge in [-0.05, 0) is 53.6 Å². The van der Waals surface area contributed by atoms with Gasteiger partial charge in [-0.25, -0.2) is 4.98 Å². The monoisotopic (exact) mass is 449 g/mol. The van der Waals surface area contributed by atoms with E-state index >= 15 is 0 Å². The van der Waals surface area contributed by atoms with Crippen molar-refractivity contribution in [1.29, 1.82) is 0 Å². The van der Waals surface area contributed by atoms with Crippen LogP contribution in [0.2, 0.25) is 0 Å². The third-order valence-electron chi connectivity index (χ3n) is 4.60. The van der Waals surface area contributed by atoms with Crippen LogP contribution < -0.4 is 10.6 Å². The molecule has 0 bridgehead atoms. The quantitative estimate of drug-likeness (QED) is 0.411. The molecule has 138 valence electrons. The second-order valence-corrected chi connectivity index (χ2v) is 6.89. The van der Waals surface area contributed by atoms with Gasteiger partial charge in [-0.1, -0.05) is 6.42 Å². The minimum Gasteiger partial charge on any atom is -0.444 e. The van der Waals surface area contributed by atoms with Gasteiger partial charge in [0.1, 0.15) is 5.76 Å². The number of oxazole rings is 1. The third-order valence-corrected chi connectivity index (χ3v) is 4.60. The smallest absolute Gasteiger partial charge is 0.214 e. The van der Waals surface area contributed by atoms with E-state index in [0.29, 0.717) is 12.4 Å². The molecule has 1 fully saturated rings. The van der Waals surface area contributed by atoms with E-state index in [1.54, 1.807) is 7.05 Å². The molecule has 1 aromatic heterocycles. The number of hydrogen-bond donors (Lipinski definition) is 2. The standard InChI is InChI=1S/C17H31N5O.HI/c1-13-14(2)23-15(21-13)11-19-16(18-5)20-12-17(3,4)22-9-7-6-8-10-22;/h6-12H2,1-5H3,(H2,18,19,20);1H. The van der Waals surface area contributed by atoms with Crippen LogP contribution in [0.5, 0.6) is 0 Å². The lowest BCUT2D eigenvalue weighted by Crippen LogP contribution is -2.54. The van der Waals surface area contributed by atoms with Gasteiger partial charge in [-0.2, -0.15) is 0 Å². The van der Waals surface area contributed by atoms with E-state index in [1.807, 2.05) is 13.8 Å². The van der Waals surface area contributed by atoms with Gasteiger partial charge in [0, 0.05) is 19.1 Å². The van der Waals surface area contributed by atoms with Gasteiger partial charge < -0.3 is 15.1 Å². The van der Waals surface area contributed by atoms with E-state index < -0.39 is 0 Å². The highest BCUT2D eigenvalue weighted by molar-refractivity contribution is 14.0. The molecule has 0 spiro atoms. The first-order valence-electron chi connectivity index (χ1n) is 8.55. The summed E-state index contributed by atoms with van der Waals surface area (Å²) in [5.74, 6) is 2.35. The molecule has 6 nitrogen and oxygen atoms in total. The fourth-order valence-electron chi connectivity index (χ4n) is 2.91. The number of halogens is 1. The number of aliphatic imine (C=N–C) groups is 1. The SMILES string of the molecule is CN=C(NCc1nc(C)c(C)o1)NCC(C)(C)N1CCCCC1.I. The van der Waals surface area contributed by atoms with Crippen molar-refractivity contribution < 1.29 is 4.42 Å². The van der Waals surface area contributed by atoms with E-state index in [-0.39, 0.29) is 29.5 Å². The molecule has 24 heavy (non-hydrogen) atoms. The molecule has 0 atom stereocenters. The van der Waals surface area contributed by atoms with Gasteiger partial charge in [0.2, 0.25) is 5.89 Å². The number of nitrogens with one attached hydrogen (secondary N) is 2. The molecular formula is C17H32IN5O. The average Bonchev–Trinajstić information content (AvgIpc) is 2.87. The van der Waals surface area contributed by atoms with Crippen LogP contribution in [0.25, 0.3) is 0 Å². The number of guanidine groups is 1. The van der Waals surface area contributed by atoms with E-state index in [1.165, 1.54) is 32.4 Å². The van der Waals surface area contributed by atoms with Gasteiger partial charge in [-0.15, -0.1) is 24.0 Å². The maximum Gasteiger partial charge on any atom is 0.214 e. The first-order chi connectivity index (χ1) is 10.9. The maximum atomic E-state index is 5.59. The summed E-state index contributed by atoms with van der Waals surface area (Å²) < 4.78 is 5.59. The van der Waals surface area contributed by atoms with Crippen LogP contribution >= 0.6 is 24.0 Å². The van der Waals surface area contributed by atoms with E-state index in [2.05, 4.69) is 39.4 Å². The largest absolute Gasteiger partial charge is 0.444 e. The molecule has 0 aromatic carbocycles. The Morgan fingerprint density at radius 1 is 1.21 bits per heavy atom. The minimum absolute atomic E-state index is 0. The minimum atomic E-state index is 0. The fourth-order valence-corrected chi connectivity index (χ4v) is 2.91. The number of likely N-dealkylation sites (tertiary alicyclic amines) is 1. The molecule has 0 radical (unpaired) electrons. The molecule has 0 aliphatic carbocycles. The van der Waals surface area contributed by atoms with Crippen LogP contribution in [-0.2, 0) is 6.54 Å². The van der Waals surface area contributed by atoms with Crippen LogP contribution in [-0.4, -0.2) is 48.1 Å². The topological polar surface area (TPSA) is 65.7 Å². The predicted molar refractivity (Wildman–Crippen MR) is 109 cm³/mol. The Hall–Kier alpha value is -0.830. The van der Waals surface area contributed by atoms with Crippen molar-refractivity contribution >= 4 is 29.9 Å². The summed E-state index contributed by atoms with van der Waals surface area (Å²) >= 11 is 0. The second-order valence-electron chi connectivity index (χ2n) is 6.89. The van der Waals surface area contributed by atoms with Crippen molar-refractivity contribution in [3.8, 4) is 0 Å². The molecule has 1 aromatic rings. The summed E-state index contributed by atoms with van der Waals surface area (Å²) in [4.78, 5) is 11.2. The highest BCUT2D eigenvalue weighted by atomic mass is 127. The van der Waals surface area contributed by atoms with Gasteiger partial charge in [0.25, 0.3) is 0 Å². The Labute approximate surface area is 162 Å². The van der Waals surface area contributed by atoms with E-state index in [9.17, 15) is 0 Å². The van der Waals surface area contributed by atoms with Crippen LogP contribution in [0.15, 0.2) is 9.41 Å². The van der Waals surface area contributed by atoms with Gasteiger partial charge in [-0.3, -0.25) is 9.89 Å². The zero-order valence-corrected chi connectivity index (χ0v) is 17.9. The second kappa shape index (κ2) is 9.60. The first-order valence-corrected chi connectivity index (χ1v) is 8.55. The Bertz CT molecular complexity index is 516. The normalized spacial score (nSPS) is 16.6. The van der Waals surface area contributed by atoms with Crippen LogP contribution in [0.1, 0.15) is 50.5 Å². The predicted octanol–water partition coefficient (Wildman–Crippen LogP) is 2.84. The van der Waals surface area contributed by atoms with Crippen molar-refractivity contribution in [2.24, 2.45) is 4.99 Å². The molecule has 1 aliphatic heterocycles. The summed E-state index contributed by atoms with van der Waals surface area (Å²) in [5, 5.41) is 6.69. The first kappa shape index (κ1) is 21.2. The molecule has 2 rings (SSSR count). The molecule has 1 saturated heterocycles. The van der Waals surface area contributed by atoms with E-state index in [0.717, 1.165) is 24.0 Å². The summed E-state index contributed by atoms with van der Waals surface area (Å²) in [6.45, 7) is 12.2. The lowest BCUT2D eigenvalue weighted by atomic mass is 9.98. The third kappa shape index (κ3) is 5.91. The summed E-state index contributed by atoms with van der Waals surface area (Å²) in [6.07, 6.45) is 3.97. The number of rotatable bonds is 5. The Balaban J connectivity index is 0.00000288. The lowest BCUT2D eigenvalue weighted by molar-refractivity contribution is 0.0982. The van der Waals surface area contributed by atoms with Gasteiger partial charge in [0.15, 0.2) is 5.96 Å². The molecule has 0 unspecified atom stereocenters. The average molecular weight is 449 g/mol. The number of piperidine rings is 1. The highest BCUT2D eigenvalue weighted by Gasteiger charge is 2.27. The number of aryl methyl sites for hydroxylation is 2.